The summed E-state index contributed by atoms with van der Waals surface area (Å²) >= 11 is 12.4. The molecule has 1 nitrogen and oxygen atoms in total. The molecule has 17 heavy (non-hydrogen) atoms. The molecule has 88 valence electrons. The quantitative estimate of drug-likeness (QED) is 0.742. The highest BCUT2D eigenvalue weighted by atomic mass is 35.5. The van der Waals surface area contributed by atoms with Crippen molar-refractivity contribution in [1.82, 2.24) is 4.98 Å². The Morgan fingerprint density at radius 3 is 2.76 bits per heavy atom. The smallest absolute Gasteiger partial charge is 0.0643 e. The van der Waals surface area contributed by atoms with Crippen LogP contribution in [0.2, 0.25) is 5.02 Å². The summed E-state index contributed by atoms with van der Waals surface area (Å²) in [5.41, 5.74) is 3.22. The van der Waals surface area contributed by atoms with E-state index in [1.165, 1.54) is 0 Å². The van der Waals surface area contributed by atoms with Crippen LogP contribution in [-0.4, -0.2) is 4.98 Å². The van der Waals surface area contributed by atoms with Gasteiger partial charge < -0.3 is 0 Å². The van der Waals surface area contributed by atoms with Gasteiger partial charge in [0.25, 0.3) is 0 Å². The van der Waals surface area contributed by atoms with Gasteiger partial charge in [-0.05, 0) is 42.3 Å². The second-order valence-electron chi connectivity index (χ2n) is 3.99. The molecule has 2 rings (SSSR count). The third-order valence-electron chi connectivity index (χ3n) is 2.69. The lowest BCUT2D eigenvalue weighted by molar-refractivity contribution is 0.874. The van der Waals surface area contributed by atoms with Crippen LogP contribution in [0.25, 0.3) is 0 Å². The maximum atomic E-state index is 6.42. The Bertz CT molecular complexity index is 497. The molecule has 1 heterocycles. The molecule has 0 bridgehead atoms. The first-order chi connectivity index (χ1) is 8.16. The molecular weight excluding hydrogens is 253 g/mol. The molecule has 3 heteroatoms. The van der Waals surface area contributed by atoms with Gasteiger partial charge in [0.05, 0.1) is 5.38 Å². The van der Waals surface area contributed by atoms with E-state index in [0.29, 0.717) is 6.42 Å². The fourth-order valence-electron chi connectivity index (χ4n) is 1.76. The highest BCUT2D eigenvalue weighted by Crippen LogP contribution is 2.29. The van der Waals surface area contributed by atoms with Crippen molar-refractivity contribution in [3.8, 4) is 0 Å². The number of aromatic nitrogens is 1. The molecule has 0 aliphatic heterocycles. The van der Waals surface area contributed by atoms with Crippen LogP contribution >= 0.6 is 23.2 Å². The van der Waals surface area contributed by atoms with Gasteiger partial charge in [-0.1, -0.05) is 23.7 Å². The summed E-state index contributed by atoms with van der Waals surface area (Å²) in [4.78, 5) is 4.28. The van der Waals surface area contributed by atoms with Crippen LogP contribution in [0.3, 0.4) is 0 Å². The van der Waals surface area contributed by atoms with E-state index in [2.05, 4.69) is 4.98 Å². The van der Waals surface area contributed by atoms with E-state index in [1.807, 2.05) is 43.3 Å². The number of hydrogen-bond donors (Lipinski definition) is 0. The zero-order valence-corrected chi connectivity index (χ0v) is 11.0. The molecule has 0 amide bonds. The van der Waals surface area contributed by atoms with Crippen molar-refractivity contribution in [1.29, 1.82) is 0 Å². The van der Waals surface area contributed by atoms with Crippen LogP contribution in [0.4, 0.5) is 0 Å². The highest BCUT2D eigenvalue weighted by Gasteiger charge is 2.12. The van der Waals surface area contributed by atoms with E-state index < -0.39 is 0 Å². The molecule has 0 saturated heterocycles. The number of pyridine rings is 1. The lowest BCUT2D eigenvalue weighted by Gasteiger charge is -2.12. The molecule has 0 aliphatic rings. The van der Waals surface area contributed by atoms with Crippen LogP contribution in [-0.2, 0) is 6.42 Å². The maximum absolute atomic E-state index is 6.42. The highest BCUT2D eigenvalue weighted by molar-refractivity contribution is 6.30. The minimum absolute atomic E-state index is 0.0939. The van der Waals surface area contributed by atoms with Crippen molar-refractivity contribution >= 4 is 23.2 Å². The van der Waals surface area contributed by atoms with Crippen molar-refractivity contribution in [3.05, 3.63) is 64.4 Å². The van der Waals surface area contributed by atoms with Gasteiger partial charge in [0.2, 0.25) is 0 Å². The van der Waals surface area contributed by atoms with Crippen LogP contribution in [0.15, 0.2) is 42.6 Å². The fraction of sp³-hybridized carbons (Fsp3) is 0.214. The molecule has 1 aromatic carbocycles. The van der Waals surface area contributed by atoms with Crippen molar-refractivity contribution in [2.24, 2.45) is 0 Å². The van der Waals surface area contributed by atoms with Crippen molar-refractivity contribution in [2.75, 3.05) is 0 Å². The van der Waals surface area contributed by atoms with Crippen LogP contribution in [0, 0.1) is 6.92 Å². The first-order valence-corrected chi connectivity index (χ1v) is 6.28. The minimum Gasteiger partial charge on any atom is -0.261 e. The number of benzene rings is 1. The van der Waals surface area contributed by atoms with E-state index in [9.17, 15) is 0 Å². The molecule has 0 fully saturated rings. The maximum Gasteiger partial charge on any atom is 0.0643 e. The molecule has 0 N–H and O–H groups in total. The number of hydrogen-bond acceptors (Lipinski definition) is 1. The number of halogens is 2. The monoisotopic (exact) mass is 265 g/mol. The molecule has 1 atom stereocenters. The van der Waals surface area contributed by atoms with E-state index in [-0.39, 0.29) is 5.38 Å². The normalized spacial score (nSPS) is 12.4. The van der Waals surface area contributed by atoms with Gasteiger partial charge in [0.1, 0.15) is 0 Å². The van der Waals surface area contributed by atoms with Gasteiger partial charge >= 0.3 is 0 Å². The molecule has 0 aliphatic carbocycles. The average Bonchev–Trinajstić information content (AvgIpc) is 2.33. The molecular formula is C14H13Cl2N. The first kappa shape index (κ1) is 12.4. The second-order valence-corrected chi connectivity index (χ2v) is 4.96. The predicted octanol–water partition coefficient (Wildman–Crippen LogP) is 4.57. The second kappa shape index (κ2) is 5.52. The van der Waals surface area contributed by atoms with Gasteiger partial charge in [-0.25, -0.2) is 0 Å². The van der Waals surface area contributed by atoms with Crippen molar-refractivity contribution in [3.63, 3.8) is 0 Å². The van der Waals surface area contributed by atoms with E-state index in [1.54, 1.807) is 6.20 Å². The molecule has 2 aromatic rings. The summed E-state index contributed by atoms with van der Waals surface area (Å²) < 4.78 is 0. The Morgan fingerprint density at radius 2 is 2.06 bits per heavy atom. The van der Waals surface area contributed by atoms with Crippen LogP contribution in [0.1, 0.15) is 22.2 Å². The zero-order chi connectivity index (χ0) is 12.3. The predicted molar refractivity (Wildman–Crippen MR) is 72.7 cm³/mol. The SMILES string of the molecule is Cc1ccc(Cl)cc1C(Cl)Cc1ccccn1. The topological polar surface area (TPSA) is 12.9 Å². The largest absolute Gasteiger partial charge is 0.261 e. The number of aryl methyl sites for hydroxylation is 1. The number of rotatable bonds is 3. The van der Waals surface area contributed by atoms with Gasteiger partial charge in [-0.3, -0.25) is 4.98 Å². The number of alkyl halides is 1. The van der Waals surface area contributed by atoms with Crippen molar-refractivity contribution in [2.45, 2.75) is 18.7 Å². The lowest BCUT2D eigenvalue weighted by atomic mass is 10.0. The van der Waals surface area contributed by atoms with E-state index in [0.717, 1.165) is 21.8 Å². The Labute approximate surface area is 111 Å². The zero-order valence-electron chi connectivity index (χ0n) is 9.53. The Balaban J connectivity index is 2.20. The fourth-order valence-corrected chi connectivity index (χ4v) is 2.33. The molecule has 0 spiro atoms. The van der Waals surface area contributed by atoms with E-state index in [4.69, 9.17) is 23.2 Å². The van der Waals surface area contributed by atoms with Gasteiger partial charge in [0.15, 0.2) is 0 Å². The Hall–Kier alpha value is -1.05. The van der Waals surface area contributed by atoms with Crippen LogP contribution < -0.4 is 0 Å². The Morgan fingerprint density at radius 1 is 1.24 bits per heavy atom. The summed E-state index contributed by atoms with van der Waals surface area (Å²) in [5.74, 6) is 0. The van der Waals surface area contributed by atoms with Gasteiger partial charge in [0, 0.05) is 23.3 Å². The summed E-state index contributed by atoms with van der Waals surface area (Å²) in [6.07, 6.45) is 2.49. The third kappa shape index (κ3) is 3.21. The first-order valence-electron chi connectivity index (χ1n) is 5.47. The summed E-state index contributed by atoms with van der Waals surface area (Å²) in [6.45, 7) is 2.04. The average molecular weight is 266 g/mol. The summed E-state index contributed by atoms with van der Waals surface area (Å²) in [7, 11) is 0. The molecule has 1 aromatic heterocycles. The minimum atomic E-state index is -0.0939. The molecule has 0 saturated carbocycles. The van der Waals surface area contributed by atoms with Crippen molar-refractivity contribution < 1.29 is 0 Å². The molecule has 0 radical (unpaired) electrons. The van der Waals surface area contributed by atoms with Gasteiger partial charge in [-0.2, -0.15) is 0 Å². The van der Waals surface area contributed by atoms with Gasteiger partial charge in [-0.15, -0.1) is 11.6 Å². The Kier molecular flexibility index (Phi) is 4.03. The third-order valence-corrected chi connectivity index (χ3v) is 3.32. The number of nitrogens with zero attached hydrogens (tertiary/aromatic N) is 1. The summed E-state index contributed by atoms with van der Waals surface area (Å²) in [5, 5.41) is 0.626. The standard InChI is InChI=1S/C14H13Cl2N/c1-10-5-6-11(15)8-13(10)14(16)9-12-4-2-3-7-17-12/h2-8,14H,9H2,1H3. The van der Waals surface area contributed by atoms with Crippen LogP contribution in [0.5, 0.6) is 0 Å². The molecule has 1 unspecified atom stereocenters. The summed E-state index contributed by atoms with van der Waals surface area (Å²) in [6, 6.07) is 11.6. The van der Waals surface area contributed by atoms with E-state index >= 15 is 0 Å². The lowest BCUT2D eigenvalue weighted by Crippen LogP contribution is -2.00.